The zero-order valence-corrected chi connectivity index (χ0v) is 16.6. The van der Waals surface area contributed by atoms with E-state index < -0.39 is 11.4 Å². The van der Waals surface area contributed by atoms with Crippen LogP contribution >= 0.6 is 0 Å². The van der Waals surface area contributed by atoms with Crippen LogP contribution < -0.4 is 34.7 Å². The molecule has 1 aromatic carbocycles. The fraction of sp³-hybridized carbons (Fsp3) is 0.632. The average Bonchev–Trinajstić information content (AvgIpc) is 2.50. The van der Waals surface area contributed by atoms with E-state index in [0.717, 1.165) is 18.4 Å². The van der Waals surface area contributed by atoms with Crippen LogP contribution in [0.2, 0.25) is 0 Å². The molecule has 1 rings (SSSR count). The number of hydrogen-bond donors (Lipinski definition) is 0. The van der Waals surface area contributed by atoms with Crippen molar-refractivity contribution in [2.75, 3.05) is 0 Å². The van der Waals surface area contributed by atoms with E-state index in [0.29, 0.717) is 6.42 Å². The quantitative estimate of drug-likeness (QED) is 0.455. The minimum Gasteiger partial charge on any atom is -0.549 e. The van der Waals surface area contributed by atoms with Crippen LogP contribution in [-0.2, 0) is 10.2 Å². The Labute approximate surface area is 158 Å². The normalized spacial score (nSPS) is 13.2. The van der Waals surface area contributed by atoms with Crippen molar-refractivity contribution in [2.24, 2.45) is 0 Å². The molecule has 0 aromatic heterocycles. The molecule has 0 radical (unpaired) electrons. The molecular formula is C19H29NaO2. The van der Waals surface area contributed by atoms with Crippen LogP contribution in [0.3, 0.4) is 0 Å². The topological polar surface area (TPSA) is 40.1 Å². The first kappa shape index (κ1) is 21.7. The summed E-state index contributed by atoms with van der Waals surface area (Å²) in [4.78, 5) is 11.5. The molecule has 3 heteroatoms. The van der Waals surface area contributed by atoms with Crippen LogP contribution in [0.4, 0.5) is 0 Å². The van der Waals surface area contributed by atoms with Crippen molar-refractivity contribution in [1.82, 2.24) is 0 Å². The Bertz CT molecular complexity index is 405. The molecule has 0 aliphatic rings. The summed E-state index contributed by atoms with van der Waals surface area (Å²) < 4.78 is 0. The predicted octanol–water partition coefficient (Wildman–Crippen LogP) is 1.23. The Balaban J connectivity index is 0.00000441. The van der Waals surface area contributed by atoms with Gasteiger partial charge in [0.1, 0.15) is 0 Å². The molecule has 0 aliphatic carbocycles. The maximum absolute atomic E-state index is 11.5. The molecule has 0 N–H and O–H groups in total. The molecule has 2 nitrogen and oxygen atoms in total. The van der Waals surface area contributed by atoms with Gasteiger partial charge in [-0.05, 0) is 12.0 Å². The van der Waals surface area contributed by atoms with Gasteiger partial charge < -0.3 is 9.90 Å². The van der Waals surface area contributed by atoms with Crippen LogP contribution in [-0.4, -0.2) is 5.97 Å². The fourth-order valence-electron chi connectivity index (χ4n) is 2.78. The third-order valence-corrected chi connectivity index (χ3v) is 4.39. The fourth-order valence-corrected chi connectivity index (χ4v) is 2.78. The molecule has 118 valence electrons. The van der Waals surface area contributed by atoms with E-state index >= 15 is 0 Å². The van der Waals surface area contributed by atoms with Crippen molar-refractivity contribution in [2.45, 2.75) is 77.0 Å². The SMILES string of the molecule is CCCCCCCCCCC(C)(C(=O)[O-])c1ccccc1.[Na+]. The van der Waals surface area contributed by atoms with Gasteiger partial charge in [0, 0.05) is 5.41 Å². The van der Waals surface area contributed by atoms with Crippen LogP contribution in [0.25, 0.3) is 0 Å². The minimum atomic E-state index is -0.961. The van der Waals surface area contributed by atoms with Gasteiger partial charge in [-0.1, -0.05) is 95.5 Å². The first-order valence-corrected chi connectivity index (χ1v) is 8.38. The summed E-state index contributed by atoms with van der Waals surface area (Å²) in [6.07, 6.45) is 10.5. The first-order valence-electron chi connectivity index (χ1n) is 8.38. The van der Waals surface area contributed by atoms with E-state index in [-0.39, 0.29) is 29.6 Å². The van der Waals surface area contributed by atoms with Gasteiger partial charge in [-0.25, -0.2) is 0 Å². The number of carboxylic acid groups (broad SMARTS) is 1. The summed E-state index contributed by atoms with van der Waals surface area (Å²) in [5.74, 6) is -0.961. The largest absolute Gasteiger partial charge is 1.00 e. The maximum atomic E-state index is 11.5. The van der Waals surface area contributed by atoms with E-state index in [2.05, 4.69) is 6.92 Å². The first-order chi connectivity index (χ1) is 10.1. The number of carbonyl (C=O) groups excluding carboxylic acids is 1. The van der Waals surface area contributed by atoms with E-state index in [1.807, 2.05) is 30.3 Å². The van der Waals surface area contributed by atoms with E-state index in [9.17, 15) is 9.90 Å². The maximum Gasteiger partial charge on any atom is 1.00 e. The van der Waals surface area contributed by atoms with Crippen LogP contribution in [0, 0.1) is 0 Å². The monoisotopic (exact) mass is 312 g/mol. The number of rotatable bonds is 11. The molecule has 0 heterocycles. The number of unbranched alkanes of at least 4 members (excludes halogenated alkanes) is 7. The summed E-state index contributed by atoms with van der Waals surface area (Å²) in [5.41, 5.74) is -0.00309. The minimum absolute atomic E-state index is 0. The van der Waals surface area contributed by atoms with E-state index in [1.165, 1.54) is 38.5 Å². The number of carboxylic acids is 1. The third kappa shape index (κ3) is 7.30. The van der Waals surface area contributed by atoms with Crippen molar-refractivity contribution < 1.29 is 39.5 Å². The van der Waals surface area contributed by atoms with Crippen LogP contribution in [0.15, 0.2) is 30.3 Å². The number of carbonyl (C=O) groups is 1. The Morgan fingerprint density at radius 3 is 1.95 bits per heavy atom. The second-order valence-electron chi connectivity index (χ2n) is 6.21. The van der Waals surface area contributed by atoms with Gasteiger partial charge in [-0.15, -0.1) is 0 Å². The smallest absolute Gasteiger partial charge is 0.549 e. The van der Waals surface area contributed by atoms with Gasteiger partial charge in [0.25, 0.3) is 0 Å². The van der Waals surface area contributed by atoms with Crippen molar-refractivity contribution in [3.05, 3.63) is 35.9 Å². The van der Waals surface area contributed by atoms with Gasteiger partial charge >= 0.3 is 29.6 Å². The summed E-state index contributed by atoms with van der Waals surface area (Å²) in [5, 5.41) is 11.5. The molecule has 0 bridgehead atoms. The standard InChI is InChI=1S/C19H30O2.Na/c1-3-4-5-6-7-8-9-13-16-19(2,18(20)21)17-14-11-10-12-15-17;/h10-12,14-15H,3-9,13,16H2,1-2H3,(H,20,21);/q;+1/p-1. The summed E-state index contributed by atoms with van der Waals surface area (Å²) >= 11 is 0. The molecule has 1 aromatic rings. The van der Waals surface area contributed by atoms with Crippen molar-refractivity contribution in [3.63, 3.8) is 0 Å². The van der Waals surface area contributed by atoms with Gasteiger partial charge in [0.15, 0.2) is 0 Å². The summed E-state index contributed by atoms with van der Waals surface area (Å²) in [7, 11) is 0. The van der Waals surface area contributed by atoms with E-state index in [1.54, 1.807) is 6.92 Å². The molecule has 1 unspecified atom stereocenters. The number of benzene rings is 1. The molecule has 0 fully saturated rings. The van der Waals surface area contributed by atoms with Crippen molar-refractivity contribution >= 4 is 5.97 Å². The Kier molecular flexibility index (Phi) is 12.0. The van der Waals surface area contributed by atoms with Crippen molar-refractivity contribution in [3.8, 4) is 0 Å². The van der Waals surface area contributed by atoms with Crippen LogP contribution in [0.5, 0.6) is 0 Å². The molecule has 22 heavy (non-hydrogen) atoms. The van der Waals surface area contributed by atoms with E-state index in [4.69, 9.17) is 0 Å². The number of hydrogen-bond acceptors (Lipinski definition) is 2. The van der Waals surface area contributed by atoms with Gasteiger partial charge in [-0.3, -0.25) is 0 Å². The van der Waals surface area contributed by atoms with Gasteiger partial charge in [0.05, 0.1) is 5.97 Å². The molecule has 0 aliphatic heterocycles. The Morgan fingerprint density at radius 1 is 0.955 bits per heavy atom. The molecular weight excluding hydrogens is 283 g/mol. The zero-order valence-electron chi connectivity index (χ0n) is 14.6. The van der Waals surface area contributed by atoms with Gasteiger partial charge in [0.2, 0.25) is 0 Å². The molecule has 0 spiro atoms. The molecule has 1 atom stereocenters. The predicted molar refractivity (Wildman–Crippen MR) is 86.0 cm³/mol. The Morgan fingerprint density at radius 2 is 1.45 bits per heavy atom. The van der Waals surface area contributed by atoms with Crippen LogP contribution in [0.1, 0.15) is 77.2 Å². The zero-order chi connectivity index (χ0) is 15.6. The third-order valence-electron chi connectivity index (χ3n) is 4.39. The number of aliphatic carboxylic acids is 1. The molecule has 0 amide bonds. The van der Waals surface area contributed by atoms with Gasteiger partial charge in [-0.2, -0.15) is 0 Å². The summed E-state index contributed by atoms with van der Waals surface area (Å²) in [6, 6.07) is 9.48. The Hall–Kier alpha value is -0.310. The second kappa shape index (κ2) is 12.2. The summed E-state index contributed by atoms with van der Waals surface area (Å²) in [6.45, 7) is 4.02. The molecule has 0 saturated heterocycles. The average molecular weight is 312 g/mol. The second-order valence-corrected chi connectivity index (χ2v) is 6.21. The molecule has 0 saturated carbocycles. The van der Waals surface area contributed by atoms with Crippen molar-refractivity contribution in [1.29, 1.82) is 0 Å².